The van der Waals surface area contributed by atoms with E-state index in [9.17, 15) is 14.7 Å². The normalized spacial score (nSPS) is 14.1. The number of imidazole rings is 1. The Bertz CT molecular complexity index is 1990. The number of benzene rings is 3. The molecule has 3 heterocycles. The number of H-pyrrole nitrogens is 1. The van der Waals surface area contributed by atoms with Gasteiger partial charge in [0.05, 0.1) is 12.2 Å². The van der Waals surface area contributed by atoms with Gasteiger partial charge in [0.15, 0.2) is 0 Å². The van der Waals surface area contributed by atoms with Gasteiger partial charge in [-0.15, -0.1) is 0 Å². The molecule has 0 spiro atoms. The predicted molar refractivity (Wildman–Crippen MR) is 178 cm³/mol. The van der Waals surface area contributed by atoms with E-state index in [1.807, 2.05) is 30.3 Å². The maximum Gasteiger partial charge on any atom is 0.339 e. The van der Waals surface area contributed by atoms with Crippen LogP contribution in [0, 0.1) is 24.5 Å². The van der Waals surface area contributed by atoms with Crippen LogP contribution in [0.5, 0.6) is 23.3 Å². The van der Waals surface area contributed by atoms with Gasteiger partial charge >= 0.3 is 5.97 Å². The number of pyridine rings is 1. The fraction of sp³-hybridized carbons (Fsp3) is 0.222. The maximum absolute atomic E-state index is 16.3. The minimum Gasteiger partial charge on any atom is -0.478 e. The largest absolute Gasteiger partial charge is 0.478 e. The number of carboxylic acid groups (broad SMARTS) is 1. The Kier molecular flexibility index (Phi) is 9.81. The molecule has 5 N–H and O–H groups in total. The molecule has 1 fully saturated rings. The summed E-state index contributed by atoms with van der Waals surface area (Å²) in [5, 5.41) is 12.6. The molecule has 0 saturated carbocycles. The van der Waals surface area contributed by atoms with E-state index < -0.39 is 41.0 Å². The van der Waals surface area contributed by atoms with Crippen molar-refractivity contribution in [2.45, 2.75) is 26.3 Å². The molecule has 1 aliphatic heterocycles. The molecule has 252 valence electrons. The Balaban J connectivity index is 1.32. The van der Waals surface area contributed by atoms with Crippen LogP contribution in [0.1, 0.15) is 33.6 Å². The van der Waals surface area contributed by atoms with Gasteiger partial charge in [0.1, 0.15) is 22.7 Å². The molecule has 13 heteroatoms. The Labute approximate surface area is 280 Å². The maximum atomic E-state index is 16.3. The lowest BCUT2D eigenvalue weighted by Gasteiger charge is -2.22. The Hall–Kier alpha value is -5.82. The molecule has 11 nitrogen and oxygen atoms in total. The minimum atomic E-state index is -1.30. The molecule has 1 amide bonds. The lowest BCUT2D eigenvalue weighted by molar-refractivity contribution is -0.124. The number of carboxylic acids is 1. The SMILES string of the molecule is Cc1ccc(C(=O)O)c(Oc2nc(Oc3cccc(-c4cccc(CN)c4)c3)c(F)c(N3CCC(C(=O)NCCc4cnc[nH]4)C3)c2F)c1. The van der Waals surface area contributed by atoms with Gasteiger partial charge in [0.2, 0.25) is 17.5 Å². The van der Waals surface area contributed by atoms with Crippen LogP contribution in [0.2, 0.25) is 0 Å². The van der Waals surface area contributed by atoms with Crippen molar-refractivity contribution < 1.29 is 33.0 Å². The summed E-state index contributed by atoms with van der Waals surface area (Å²) in [5.41, 5.74) is 9.14. The quantitative estimate of drug-likeness (QED) is 0.126. The lowest BCUT2D eigenvalue weighted by Crippen LogP contribution is -2.34. The summed E-state index contributed by atoms with van der Waals surface area (Å²) in [4.78, 5) is 37.3. The summed E-state index contributed by atoms with van der Waals surface area (Å²) in [7, 11) is 0. The van der Waals surface area contributed by atoms with Crippen molar-refractivity contribution in [3.05, 3.63) is 113 Å². The van der Waals surface area contributed by atoms with Crippen LogP contribution in [0.4, 0.5) is 14.5 Å². The van der Waals surface area contributed by atoms with E-state index in [-0.39, 0.29) is 36.1 Å². The second kappa shape index (κ2) is 14.5. The van der Waals surface area contributed by atoms with Gasteiger partial charge in [-0.05, 0) is 65.9 Å². The van der Waals surface area contributed by atoms with Gasteiger partial charge in [-0.25, -0.2) is 9.78 Å². The highest BCUT2D eigenvalue weighted by molar-refractivity contribution is 5.91. The van der Waals surface area contributed by atoms with Crippen molar-refractivity contribution in [3.63, 3.8) is 0 Å². The van der Waals surface area contributed by atoms with E-state index in [1.165, 1.54) is 17.0 Å². The first-order chi connectivity index (χ1) is 23.7. The first-order valence-corrected chi connectivity index (χ1v) is 15.7. The number of ether oxygens (including phenoxy) is 2. The number of carbonyl (C=O) groups is 2. The number of aryl methyl sites for hydroxylation is 1. The summed E-state index contributed by atoms with van der Waals surface area (Å²) < 4.78 is 44.3. The molecule has 1 atom stereocenters. The van der Waals surface area contributed by atoms with Crippen molar-refractivity contribution in [2.24, 2.45) is 11.7 Å². The van der Waals surface area contributed by atoms with Crippen LogP contribution >= 0.6 is 0 Å². The first kappa shape index (κ1) is 33.1. The van der Waals surface area contributed by atoms with Gasteiger partial charge in [-0.1, -0.05) is 36.4 Å². The van der Waals surface area contributed by atoms with E-state index >= 15 is 8.78 Å². The number of anilines is 1. The number of amides is 1. The van der Waals surface area contributed by atoms with Crippen molar-refractivity contribution in [2.75, 3.05) is 24.5 Å². The Morgan fingerprint density at radius 3 is 2.53 bits per heavy atom. The van der Waals surface area contributed by atoms with Crippen LogP contribution in [0.3, 0.4) is 0 Å². The number of halogens is 2. The minimum absolute atomic E-state index is 0.0183. The summed E-state index contributed by atoms with van der Waals surface area (Å²) >= 11 is 0. The van der Waals surface area contributed by atoms with E-state index in [0.29, 0.717) is 31.5 Å². The van der Waals surface area contributed by atoms with E-state index in [2.05, 4.69) is 20.3 Å². The molecule has 1 unspecified atom stereocenters. The smallest absolute Gasteiger partial charge is 0.339 e. The molecule has 5 aromatic rings. The summed E-state index contributed by atoms with van der Waals surface area (Å²) in [6, 6.07) is 18.8. The standard InChI is InChI=1S/C36H34F2N6O5/c1-21-8-9-28(36(46)47)29(14-21)49-35-31(38)32(44-13-11-25(19-44)33(45)41-12-10-26-18-40-20-42-26)30(37)34(43-35)48-27-7-3-6-24(16-27)23-5-2-4-22(15-23)17-39/h2-9,14-16,18,20,25H,10-13,17,19,39H2,1H3,(H,40,42)(H,41,45)(H,46,47). The average Bonchev–Trinajstić information content (AvgIpc) is 3.80. The highest BCUT2D eigenvalue weighted by Crippen LogP contribution is 2.41. The fourth-order valence-electron chi connectivity index (χ4n) is 5.69. The van der Waals surface area contributed by atoms with Gasteiger partial charge in [0, 0.05) is 44.5 Å². The topological polar surface area (TPSA) is 156 Å². The van der Waals surface area contributed by atoms with Gasteiger partial charge < -0.3 is 35.5 Å². The summed E-state index contributed by atoms with van der Waals surface area (Å²) in [6.45, 7) is 2.61. The third-order valence-corrected chi connectivity index (χ3v) is 8.24. The number of hydrogen-bond donors (Lipinski definition) is 4. The molecule has 0 aliphatic carbocycles. The highest BCUT2D eigenvalue weighted by atomic mass is 19.1. The van der Waals surface area contributed by atoms with Crippen LogP contribution in [0.15, 0.2) is 79.3 Å². The third-order valence-electron chi connectivity index (χ3n) is 8.24. The van der Waals surface area contributed by atoms with E-state index in [4.69, 9.17) is 15.2 Å². The number of nitrogens with two attached hydrogens (primary N) is 1. The molecule has 2 aromatic heterocycles. The van der Waals surface area contributed by atoms with E-state index in [1.54, 1.807) is 43.7 Å². The molecule has 1 aliphatic rings. The summed E-state index contributed by atoms with van der Waals surface area (Å²) in [5.74, 6) is -5.58. The average molecular weight is 669 g/mol. The highest BCUT2D eigenvalue weighted by Gasteiger charge is 2.35. The molecule has 3 aromatic carbocycles. The number of aromatic amines is 1. The van der Waals surface area contributed by atoms with Gasteiger partial charge in [-0.3, -0.25) is 4.79 Å². The van der Waals surface area contributed by atoms with Crippen LogP contribution in [-0.4, -0.2) is 51.6 Å². The summed E-state index contributed by atoms with van der Waals surface area (Å²) in [6.07, 6.45) is 4.12. The van der Waals surface area contributed by atoms with Gasteiger partial charge in [0.25, 0.3) is 11.8 Å². The molecular weight excluding hydrogens is 634 g/mol. The Morgan fingerprint density at radius 1 is 1.04 bits per heavy atom. The van der Waals surface area contributed by atoms with Crippen LogP contribution in [0.25, 0.3) is 11.1 Å². The molecule has 1 saturated heterocycles. The van der Waals surface area contributed by atoms with Crippen molar-refractivity contribution in [1.82, 2.24) is 20.3 Å². The third kappa shape index (κ3) is 7.52. The van der Waals surface area contributed by atoms with Gasteiger partial charge in [-0.2, -0.15) is 13.8 Å². The molecular formula is C36H34F2N6O5. The molecule has 0 bridgehead atoms. The Morgan fingerprint density at radius 2 is 1.80 bits per heavy atom. The zero-order valence-electron chi connectivity index (χ0n) is 26.6. The second-order valence-electron chi connectivity index (χ2n) is 11.7. The zero-order chi connectivity index (χ0) is 34.5. The van der Waals surface area contributed by atoms with Crippen molar-refractivity contribution in [3.8, 4) is 34.4 Å². The van der Waals surface area contributed by atoms with Crippen LogP contribution < -0.4 is 25.4 Å². The lowest BCUT2D eigenvalue weighted by atomic mass is 10.0. The number of nitrogens with one attached hydrogen (secondary N) is 2. The molecule has 49 heavy (non-hydrogen) atoms. The van der Waals surface area contributed by atoms with Crippen molar-refractivity contribution >= 4 is 17.6 Å². The number of aromatic carboxylic acids is 1. The molecule has 6 rings (SSSR count). The van der Waals surface area contributed by atoms with Crippen molar-refractivity contribution in [1.29, 1.82) is 0 Å². The fourth-order valence-corrected chi connectivity index (χ4v) is 5.69. The molecule has 0 radical (unpaired) electrons. The number of hydrogen-bond acceptors (Lipinski definition) is 8. The monoisotopic (exact) mass is 668 g/mol. The first-order valence-electron chi connectivity index (χ1n) is 15.7. The predicted octanol–water partition coefficient (Wildman–Crippen LogP) is 5.99. The number of carbonyl (C=O) groups excluding carboxylic acids is 1. The second-order valence-corrected chi connectivity index (χ2v) is 11.7. The number of rotatable bonds is 12. The van der Waals surface area contributed by atoms with E-state index in [0.717, 1.165) is 22.4 Å². The zero-order valence-corrected chi connectivity index (χ0v) is 26.6. The number of nitrogens with zero attached hydrogens (tertiary/aromatic N) is 3. The number of aromatic nitrogens is 3. The van der Waals surface area contributed by atoms with Crippen LogP contribution in [-0.2, 0) is 17.8 Å².